The first-order chi connectivity index (χ1) is 9.53. The highest BCUT2D eigenvalue weighted by atomic mass is 32.2. The van der Waals surface area contributed by atoms with Crippen LogP contribution < -0.4 is 9.46 Å². The summed E-state index contributed by atoms with van der Waals surface area (Å²) < 4.78 is 44.9. The number of rotatable bonds is 5. The van der Waals surface area contributed by atoms with Crippen molar-refractivity contribution in [1.82, 2.24) is 4.98 Å². The third-order valence-corrected chi connectivity index (χ3v) is 3.71. The van der Waals surface area contributed by atoms with Gasteiger partial charge in [0, 0.05) is 11.9 Å². The van der Waals surface area contributed by atoms with E-state index in [1.54, 1.807) is 12.1 Å². The van der Waals surface area contributed by atoms with Gasteiger partial charge in [-0.05, 0) is 43.3 Å². The van der Waals surface area contributed by atoms with Gasteiger partial charge in [0.15, 0.2) is 5.82 Å². The van der Waals surface area contributed by atoms with Crippen molar-refractivity contribution in [3.63, 3.8) is 0 Å². The topological polar surface area (TPSA) is 68.3 Å². The Morgan fingerprint density at radius 3 is 2.55 bits per heavy atom. The summed E-state index contributed by atoms with van der Waals surface area (Å²) in [5.74, 6) is -0.273. The Morgan fingerprint density at radius 1 is 1.25 bits per heavy atom. The van der Waals surface area contributed by atoms with Crippen molar-refractivity contribution >= 4 is 15.7 Å². The van der Waals surface area contributed by atoms with E-state index in [-0.39, 0.29) is 0 Å². The average Bonchev–Trinajstić information content (AvgIpc) is 2.41. The molecule has 0 amide bonds. The molecule has 1 aromatic carbocycles. The molecule has 2 aromatic rings. The van der Waals surface area contributed by atoms with E-state index >= 15 is 0 Å². The minimum absolute atomic E-state index is 0.304. The molecule has 5 nitrogen and oxygen atoms in total. The zero-order valence-electron chi connectivity index (χ0n) is 10.7. The molecule has 0 radical (unpaired) electrons. The molecular formula is C13H13FN2O3S. The van der Waals surface area contributed by atoms with E-state index in [0.29, 0.717) is 18.0 Å². The zero-order valence-corrected chi connectivity index (χ0v) is 11.5. The highest BCUT2D eigenvalue weighted by molar-refractivity contribution is 7.92. The summed E-state index contributed by atoms with van der Waals surface area (Å²) in [6.07, 6.45) is 1.22. The lowest BCUT2D eigenvalue weighted by molar-refractivity contribution is 0.340. The van der Waals surface area contributed by atoms with Gasteiger partial charge in [0.25, 0.3) is 10.0 Å². The molecule has 7 heteroatoms. The maximum atomic E-state index is 13.5. The molecule has 0 saturated carbocycles. The number of sulfonamides is 1. The number of nitrogens with one attached hydrogen (secondary N) is 1. The number of nitrogens with zero attached hydrogens (tertiary/aromatic N) is 1. The van der Waals surface area contributed by atoms with Gasteiger partial charge < -0.3 is 4.74 Å². The quantitative estimate of drug-likeness (QED) is 0.920. The van der Waals surface area contributed by atoms with Crippen molar-refractivity contribution in [2.45, 2.75) is 11.9 Å². The number of aromatic nitrogens is 1. The van der Waals surface area contributed by atoms with Crippen LogP contribution in [0.5, 0.6) is 5.75 Å². The van der Waals surface area contributed by atoms with Crippen LogP contribution in [0.2, 0.25) is 0 Å². The predicted molar refractivity (Wildman–Crippen MR) is 72.6 cm³/mol. The Balaban J connectivity index is 2.22. The van der Waals surface area contributed by atoms with E-state index in [4.69, 9.17) is 4.74 Å². The van der Waals surface area contributed by atoms with Crippen molar-refractivity contribution < 1.29 is 17.5 Å². The second-order valence-electron chi connectivity index (χ2n) is 3.85. The van der Waals surface area contributed by atoms with Gasteiger partial charge in [0.05, 0.1) is 6.61 Å². The monoisotopic (exact) mass is 296 g/mol. The Morgan fingerprint density at radius 2 is 1.95 bits per heavy atom. The number of halogens is 1. The molecule has 20 heavy (non-hydrogen) atoms. The molecule has 1 heterocycles. The van der Waals surface area contributed by atoms with Crippen molar-refractivity contribution in [2.24, 2.45) is 0 Å². The van der Waals surface area contributed by atoms with Crippen LogP contribution in [-0.2, 0) is 10.0 Å². The maximum Gasteiger partial charge on any atom is 0.282 e. The van der Waals surface area contributed by atoms with Crippen molar-refractivity contribution in [3.05, 3.63) is 48.4 Å². The van der Waals surface area contributed by atoms with E-state index in [1.165, 1.54) is 24.4 Å². The lowest BCUT2D eigenvalue weighted by atomic mass is 10.3. The molecule has 1 aromatic heterocycles. The van der Waals surface area contributed by atoms with Crippen LogP contribution in [0.25, 0.3) is 0 Å². The number of pyridine rings is 1. The number of hydrogen-bond acceptors (Lipinski definition) is 4. The second-order valence-corrected chi connectivity index (χ2v) is 5.45. The summed E-state index contributed by atoms with van der Waals surface area (Å²) in [6.45, 7) is 2.37. The second kappa shape index (κ2) is 5.87. The molecule has 106 valence electrons. The summed E-state index contributed by atoms with van der Waals surface area (Å²) in [5.41, 5.74) is 0.304. The molecule has 0 saturated heterocycles. The van der Waals surface area contributed by atoms with E-state index in [2.05, 4.69) is 9.71 Å². The first kappa shape index (κ1) is 14.3. The molecule has 0 unspecified atom stereocenters. The van der Waals surface area contributed by atoms with E-state index in [9.17, 15) is 12.8 Å². The van der Waals surface area contributed by atoms with Crippen molar-refractivity contribution in [2.75, 3.05) is 11.3 Å². The fraction of sp³-hybridized carbons (Fsp3) is 0.154. The Kier molecular flexibility index (Phi) is 4.19. The summed E-state index contributed by atoms with van der Waals surface area (Å²) in [5, 5.41) is -0.631. The van der Waals surface area contributed by atoms with Gasteiger partial charge in [0.2, 0.25) is 5.03 Å². The number of benzene rings is 1. The molecule has 2 rings (SSSR count). The van der Waals surface area contributed by atoms with Gasteiger partial charge in [-0.15, -0.1) is 0 Å². The van der Waals surface area contributed by atoms with Gasteiger partial charge >= 0.3 is 0 Å². The van der Waals surface area contributed by atoms with Crippen LogP contribution in [0.15, 0.2) is 47.6 Å². The molecule has 1 N–H and O–H groups in total. The van der Waals surface area contributed by atoms with Crippen LogP contribution in [0, 0.1) is 5.82 Å². The standard InChI is InChI=1S/C13H13FN2O3S/c1-2-19-11-7-5-10(6-8-11)16-20(17,18)13-12(14)4-3-9-15-13/h3-9,16H,2H2,1H3. The zero-order chi connectivity index (χ0) is 14.6. The maximum absolute atomic E-state index is 13.5. The first-order valence-corrected chi connectivity index (χ1v) is 7.37. The molecule has 0 spiro atoms. The van der Waals surface area contributed by atoms with E-state index < -0.39 is 20.9 Å². The largest absolute Gasteiger partial charge is 0.494 e. The van der Waals surface area contributed by atoms with Gasteiger partial charge in [-0.25, -0.2) is 9.37 Å². The lowest BCUT2D eigenvalue weighted by Gasteiger charge is -2.09. The van der Waals surface area contributed by atoms with Crippen LogP contribution >= 0.6 is 0 Å². The summed E-state index contributed by atoms with van der Waals surface area (Å²) in [6, 6.07) is 8.67. The number of anilines is 1. The molecule has 0 fully saturated rings. The van der Waals surface area contributed by atoms with E-state index in [0.717, 1.165) is 6.07 Å². The average molecular weight is 296 g/mol. The van der Waals surface area contributed by atoms with Crippen LogP contribution in [0.4, 0.5) is 10.1 Å². The van der Waals surface area contributed by atoms with Gasteiger partial charge in [-0.1, -0.05) is 0 Å². The third-order valence-electron chi connectivity index (χ3n) is 2.40. The highest BCUT2D eigenvalue weighted by Gasteiger charge is 2.20. The third kappa shape index (κ3) is 3.24. The molecular weight excluding hydrogens is 283 g/mol. The molecule has 0 aliphatic heterocycles. The Hall–Kier alpha value is -2.15. The highest BCUT2D eigenvalue weighted by Crippen LogP contribution is 2.19. The summed E-state index contributed by atoms with van der Waals surface area (Å²) in [4.78, 5) is 3.54. The van der Waals surface area contributed by atoms with Gasteiger partial charge in [0.1, 0.15) is 5.75 Å². The minimum atomic E-state index is -4.05. The van der Waals surface area contributed by atoms with Crippen molar-refractivity contribution in [3.8, 4) is 5.75 Å². The minimum Gasteiger partial charge on any atom is -0.494 e. The molecule has 0 atom stereocenters. The predicted octanol–water partition coefficient (Wildman–Crippen LogP) is 2.42. The summed E-state index contributed by atoms with van der Waals surface area (Å²) in [7, 11) is -4.05. The fourth-order valence-corrected chi connectivity index (χ4v) is 2.63. The Bertz CT molecular complexity index is 687. The molecule has 0 aliphatic rings. The SMILES string of the molecule is CCOc1ccc(NS(=O)(=O)c2ncccc2F)cc1. The van der Waals surface area contributed by atoms with Crippen molar-refractivity contribution in [1.29, 1.82) is 0 Å². The van der Waals surface area contributed by atoms with Gasteiger partial charge in [-0.3, -0.25) is 4.72 Å². The van der Waals surface area contributed by atoms with Crippen LogP contribution in [-0.4, -0.2) is 20.0 Å². The smallest absolute Gasteiger partial charge is 0.282 e. The number of hydrogen-bond donors (Lipinski definition) is 1. The first-order valence-electron chi connectivity index (χ1n) is 5.89. The van der Waals surface area contributed by atoms with Gasteiger partial charge in [-0.2, -0.15) is 8.42 Å². The normalized spacial score (nSPS) is 11.1. The van der Waals surface area contributed by atoms with Crippen LogP contribution in [0.3, 0.4) is 0 Å². The molecule has 0 bridgehead atoms. The number of ether oxygens (including phenoxy) is 1. The molecule has 0 aliphatic carbocycles. The van der Waals surface area contributed by atoms with E-state index in [1.807, 2.05) is 6.92 Å². The Labute approximate surface area is 116 Å². The lowest BCUT2D eigenvalue weighted by Crippen LogP contribution is -2.16. The summed E-state index contributed by atoms with van der Waals surface area (Å²) >= 11 is 0. The fourth-order valence-electron chi connectivity index (χ4n) is 1.56. The van der Waals surface area contributed by atoms with Crippen LogP contribution in [0.1, 0.15) is 6.92 Å².